The van der Waals surface area contributed by atoms with Gasteiger partial charge in [0.15, 0.2) is 0 Å². The zero-order valence-electron chi connectivity index (χ0n) is 11.0. The Bertz CT molecular complexity index is 682. The fraction of sp³-hybridized carbons (Fsp3) is 0.385. The maximum atomic E-state index is 13.3. The predicted octanol–water partition coefficient (Wildman–Crippen LogP) is 3.20. The van der Waals surface area contributed by atoms with Crippen LogP contribution in [0.5, 0.6) is 0 Å². The lowest BCUT2D eigenvalue weighted by Gasteiger charge is -2.17. The van der Waals surface area contributed by atoms with Gasteiger partial charge in [-0.2, -0.15) is 8.78 Å². The van der Waals surface area contributed by atoms with E-state index < -0.39 is 24.9 Å². The highest BCUT2D eigenvalue weighted by Crippen LogP contribution is 2.29. The van der Waals surface area contributed by atoms with E-state index in [-0.39, 0.29) is 28.8 Å². The number of carbonyl (C=O) groups is 1. The number of benzene rings is 1. The first kappa shape index (κ1) is 15.3. The summed E-state index contributed by atoms with van der Waals surface area (Å²) in [6.45, 7) is 0.381. The van der Waals surface area contributed by atoms with E-state index in [1.165, 1.54) is 18.2 Å². The van der Waals surface area contributed by atoms with E-state index >= 15 is 0 Å². The van der Waals surface area contributed by atoms with Gasteiger partial charge < -0.3 is 9.67 Å². The molecule has 1 aromatic heterocycles. The zero-order chi connectivity index (χ0) is 15.8. The Morgan fingerprint density at radius 3 is 2.62 bits per heavy atom. The lowest BCUT2D eigenvalue weighted by molar-refractivity contribution is -0.137. The molecule has 0 saturated heterocycles. The first-order chi connectivity index (χ1) is 9.77. The minimum Gasteiger partial charge on any atom is -0.478 e. The minimum absolute atomic E-state index is 0.0203. The Morgan fingerprint density at radius 2 is 2.10 bits per heavy atom. The SMILES string of the molecule is CCc1nc2c(C(=O)O)cccc2n1CC(F)(F)C(F)F. The average Bonchev–Trinajstić information content (AvgIpc) is 2.75. The number of aromatic nitrogens is 2. The van der Waals surface area contributed by atoms with Crippen molar-refractivity contribution in [2.24, 2.45) is 0 Å². The number of carboxylic acid groups (broad SMARTS) is 1. The summed E-state index contributed by atoms with van der Waals surface area (Å²) in [5.74, 6) is -5.33. The third kappa shape index (κ3) is 2.70. The molecule has 0 radical (unpaired) electrons. The summed E-state index contributed by atoms with van der Waals surface area (Å²) in [5, 5.41) is 9.06. The van der Waals surface area contributed by atoms with Gasteiger partial charge in [0.1, 0.15) is 11.3 Å². The Labute approximate surface area is 117 Å². The number of para-hydroxylation sites is 1. The van der Waals surface area contributed by atoms with Crippen molar-refractivity contribution >= 4 is 17.0 Å². The molecule has 1 aromatic carbocycles. The number of hydrogen-bond acceptors (Lipinski definition) is 2. The van der Waals surface area contributed by atoms with Crippen molar-refractivity contribution in [3.05, 3.63) is 29.6 Å². The van der Waals surface area contributed by atoms with Gasteiger partial charge in [0.25, 0.3) is 0 Å². The predicted molar refractivity (Wildman–Crippen MR) is 67.0 cm³/mol. The maximum absolute atomic E-state index is 13.3. The molecule has 0 saturated carbocycles. The molecule has 0 unspecified atom stereocenters. The van der Waals surface area contributed by atoms with Crippen molar-refractivity contribution in [3.8, 4) is 0 Å². The monoisotopic (exact) mass is 304 g/mol. The van der Waals surface area contributed by atoms with Crippen LogP contribution in [0.1, 0.15) is 23.1 Å². The normalized spacial score (nSPS) is 12.3. The van der Waals surface area contributed by atoms with Gasteiger partial charge in [0, 0.05) is 6.42 Å². The second kappa shape index (κ2) is 5.34. The molecule has 8 heteroatoms. The standard InChI is InChI=1S/C13H12F4N2O2/c1-2-9-18-10-7(11(20)21)4-3-5-8(10)19(9)6-13(16,17)12(14)15/h3-5,12H,2,6H2,1H3,(H,20,21). The van der Waals surface area contributed by atoms with Crippen LogP contribution in [0, 0.1) is 0 Å². The molecule has 2 aromatic rings. The lowest BCUT2D eigenvalue weighted by atomic mass is 10.2. The molecule has 0 atom stereocenters. The van der Waals surface area contributed by atoms with Gasteiger partial charge in [-0.15, -0.1) is 0 Å². The van der Waals surface area contributed by atoms with Gasteiger partial charge >= 0.3 is 18.3 Å². The summed E-state index contributed by atoms with van der Waals surface area (Å²) in [4.78, 5) is 15.1. The molecule has 0 spiro atoms. The van der Waals surface area contributed by atoms with E-state index in [0.29, 0.717) is 0 Å². The van der Waals surface area contributed by atoms with E-state index in [1.807, 2.05) is 0 Å². The summed E-state index contributed by atoms with van der Waals surface area (Å²) in [7, 11) is 0. The summed E-state index contributed by atoms with van der Waals surface area (Å²) in [6, 6.07) is 4.03. The molecule has 0 aliphatic rings. The first-order valence-corrected chi connectivity index (χ1v) is 6.15. The van der Waals surface area contributed by atoms with Crippen molar-refractivity contribution in [3.63, 3.8) is 0 Å². The first-order valence-electron chi connectivity index (χ1n) is 6.15. The van der Waals surface area contributed by atoms with Crippen molar-refractivity contribution in [1.29, 1.82) is 0 Å². The fourth-order valence-corrected chi connectivity index (χ4v) is 2.09. The van der Waals surface area contributed by atoms with Gasteiger partial charge in [-0.25, -0.2) is 18.6 Å². The summed E-state index contributed by atoms with van der Waals surface area (Å²) in [6.07, 6.45) is -3.59. The van der Waals surface area contributed by atoms with E-state index in [2.05, 4.69) is 4.98 Å². The molecular weight excluding hydrogens is 292 g/mol. The van der Waals surface area contributed by atoms with E-state index in [4.69, 9.17) is 5.11 Å². The molecule has 1 heterocycles. The van der Waals surface area contributed by atoms with Gasteiger partial charge in [-0.1, -0.05) is 13.0 Å². The van der Waals surface area contributed by atoms with Crippen LogP contribution >= 0.6 is 0 Å². The van der Waals surface area contributed by atoms with Gasteiger partial charge in [-0.3, -0.25) is 0 Å². The van der Waals surface area contributed by atoms with Crippen molar-refractivity contribution in [2.45, 2.75) is 32.2 Å². The zero-order valence-corrected chi connectivity index (χ0v) is 11.0. The van der Waals surface area contributed by atoms with Crippen LogP contribution in [-0.4, -0.2) is 33.0 Å². The topological polar surface area (TPSA) is 55.1 Å². The molecule has 0 fully saturated rings. The molecule has 2 rings (SSSR count). The van der Waals surface area contributed by atoms with Crippen LogP contribution < -0.4 is 0 Å². The van der Waals surface area contributed by atoms with Gasteiger partial charge in [-0.05, 0) is 12.1 Å². The summed E-state index contributed by atoms with van der Waals surface area (Å²) < 4.78 is 52.3. The van der Waals surface area contributed by atoms with E-state index in [0.717, 1.165) is 4.57 Å². The number of aromatic carboxylic acids is 1. The van der Waals surface area contributed by atoms with Crippen LogP contribution in [0.15, 0.2) is 18.2 Å². The highest BCUT2D eigenvalue weighted by atomic mass is 19.3. The Hall–Kier alpha value is -2.12. The molecular formula is C13H12F4N2O2. The molecule has 21 heavy (non-hydrogen) atoms. The van der Waals surface area contributed by atoms with Crippen molar-refractivity contribution in [2.75, 3.05) is 0 Å². The van der Waals surface area contributed by atoms with Crippen LogP contribution in [0.25, 0.3) is 11.0 Å². The third-order valence-corrected chi connectivity index (χ3v) is 3.09. The number of alkyl halides is 4. The largest absolute Gasteiger partial charge is 0.478 e. The highest BCUT2D eigenvalue weighted by molar-refractivity contribution is 6.01. The summed E-state index contributed by atoms with van der Waals surface area (Å²) >= 11 is 0. The quantitative estimate of drug-likeness (QED) is 0.863. The number of aryl methyl sites for hydroxylation is 1. The summed E-state index contributed by atoms with van der Waals surface area (Å²) in [5.41, 5.74) is -0.0275. The number of carboxylic acids is 1. The van der Waals surface area contributed by atoms with Gasteiger partial charge in [0.05, 0.1) is 17.6 Å². The highest BCUT2D eigenvalue weighted by Gasteiger charge is 2.42. The molecule has 0 aliphatic heterocycles. The number of hydrogen-bond donors (Lipinski definition) is 1. The van der Waals surface area contributed by atoms with E-state index in [1.54, 1.807) is 6.92 Å². The smallest absolute Gasteiger partial charge is 0.337 e. The lowest BCUT2D eigenvalue weighted by Crippen LogP contribution is -2.32. The Balaban J connectivity index is 2.63. The second-order valence-electron chi connectivity index (χ2n) is 4.51. The number of fused-ring (bicyclic) bond motifs is 1. The molecule has 114 valence electrons. The molecule has 0 amide bonds. The molecule has 4 nitrogen and oxygen atoms in total. The minimum atomic E-state index is -4.21. The molecule has 1 N–H and O–H groups in total. The molecule has 0 bridgehead atoms. The third-order valence-electron chi connectivity index (χ3n) is 3.09. The van der Waals surface area contributed by atoms with E-state index in [9.17, 15) is 22.4 Å². The van der Waals surface area contributed by atoms with Crippen LogP contribution in [0.4, 0.5) is 17.6 Å². The van der Waals surface area contributed by atoms with Crippen LogP contribution in [0.2, 0.25) is 0 Å². The number of halogens is 4. The number of nitrogens with zero attached hydrogens (tertiary/aromatic N) is 2. The van der Waals surface area contributed by atoms with Crippen molar-refractivity contribution < 1.29 is 27.5 Å². The Kier molecular flexibility index (Phi) is 3.89. The maximum Gasteiger partial charge on any atom is 0.337 e. The number of imidazole rings is 1. The van der Waals surface area contributed by atoms with Crippen LogP contribution in [-0.2, 0) is 13.0 Å². The second-order valence-corrected chi connectivity index (χ2v) is 4.51. The van der Waals surface area contributed by atoms with Crippen molar-refractivity contribution in [1.82, 2.24) is 9.55 Å². The average molecular weight is 304 g/mol. The number of rotatable bonds is 5. The van der Waals surface area contributed by atoms with Gasteiger partial charge in [0.2, 0.25) is 0 Å². The fourth-order valence-electron chi connectivity index (χ4n) is 2.09. The molecule has 0 aliphatic carbocycles. The Morgan fingerprint density at radius 1 is 1.43 bits per heavy atom. The van der Waals surface area contributed by atoms with Crippen LogP contribution in [0.3, 0.4) is 0 Å².